The molecule has 10 heavy (non-hydrogen) atoms. The van der Waals surface area contributed by atoms with Crippen LogP contribution in [0.5, 0.6) is 0 Å². The van der Waals surface area contributed by atoms with Crippen molar-refractivity contribution in [2.24, 2.45) is 0 Å². The van der Waals surface area contributed by atoms with Crippen LogP contribution in [0, 0.1) is 6.92 Å². The molecule has 1 radical (unpaired) electrons. The molecule has 0 saturated carbocycles. The third-order valence-electron chi connectivity index (χ3n) is 0.378. The Hall–Kier alpha value is 0.474. The van der Waals surface area contributed by atoms with E-state index < -0.39 is 0 Å². The largest absolute Gasteiger partial charge is 0.419 e. The van der Waals surface area contributed by atoms with Gasteiger partial charge in [-0.15, -0.1) is 0 Å². The standard InChI is InChI=1S/C4H5O.C3H7O.Y/c1-4(2)3-5;1-3-4-2;/h1H2,2H3;1,3H2,2H3;/q2*-1;. The average molecular weight is 217 g/mol. The molecule has 0 bridgehead atoms. The molecule has 0 aromatic carbocycles. The van der Waals surface area contributed by atoms with Crippen LogP contribution in [0.15, 0.2) is 12.2 Å². The molecule has 0 aliphatic carbocycles. The molecule has 0 fully saturated rings. The molecule has 3 heteroatoms. The van der Waals surface area contributed by atoms with Crippen molar-refractivity contribution in [1.29, 1.82) is 0 Å². The Labute approximate surface area is 87.9 Å². The van der Waals surface area contributed by atoms with Gasteiger partial charge in [0.1, 0.15) is 0 Å². The molecule has 0 amide bonds. The summed E-state index contributed by atoms with van der Waals surface area (Å²) < 4.78 is 4.43. The summed E-state index contributed by atoms with van der Waals surface area (Å²) in [5.41, 5.74) is 0.449. The first-order valence-electron chi connectivity index (χ1n) is 2.50. The summed E-state index contributed by atoms with van der Waals surface area (Å²) >= 11 is 0. The summed E-state index contributed by atoms with van der Waals surface area (Å²) in [5, 5.41) is 0. The van der Waals surface area contributed by atoms with Crippen molar-refractivity contribution in [2.45, 2.75) is 6.92 Å². The topological polar surface area (TPSA) is 26.3 Å². The predicted molar refractivity (Wildman–Crippen MR) is 37.7 cm³/mol. The number of hydrogen-bond donors (Lipinski definition) is 0. The fraction of sp³-hybridized carbons (Fsp3) is 0.429. The molecule has 0 N–H and O–H groups in total. The summed E-state index contributed by atoms with van der Waals surface area (Å²) in [6.45, 7) is 8.81. The van der Waals surface area contributed by atoms with E-state index in [1.54, 1.807) is 20.3 Å². The first-order chi connectivity index (χ1) is 4.18. The fourth-order valence-corrected chi connectivity index (χ4v) is 0. The molecule has 0 spiro atoms. The summed E-state index contributed by atoms with van der Waals surface area (Å²) in [6.07, 6.45) is 1.58. The van der Waals surface area contributed by atoms with Gasteiger partial charge < -0.3 is 16.5 Å². The number of rotatable bonds is 2. The summed E-state index contributed by atoms with van der Waals surface area (Å²) in [6, 6.07) is 0. The fourth-order valence-electron chi connectivity index (χ4n) is 0. The Morgan fingerprint density at radius 2 is 2.00 bits per heavy atom. The van der Waals surface area contributed by atoms with E-state index in [9.17, 15) is 4.79 Å². The minimum Gasteiger partial charge on any atom is -0.419 e. The molecule has 0 aliphatic heterocycles. The molecule has 0 atom stereocenters. The van der Waals surface area contributed by atoms with E-state index in [-0.39, 0.29) is 32.7 Å². The van der Waals surface area contributed by atoms with Gasteiger partial charge in [-0.2, -0.15) is 5.57 Å². The van der Waals surface area contributed by atoms with Crippen molar-refractivity contribution in [3.63, 3.8) is 0 Å². The Bertz CT molecular complexity index is 79.7. The van der Waals surface area contributed by atoms with Gasteiger partial charge in [-0.3, -0.25) is 0 Å². The molecule has 57 valence electrons. The predicted octanol–water partition coefficient (Wildman–Crippen LogP) is 1.14. The third-order valence-corrected chi connectivity index (χ3v) is 0.378. The minimum absolute atomic E-state index is 0. The SMILES string of the molecule is C=C(C)[C-]=O.[CH2-]COC.[Y]. The quantitative estimate of drug-likeness (QED) is 0.512. The summed E-state index contributed by atoms with van der Waals surface area (Å²) in [7, 11) is 1.62. The summed E-state index contributed by atoms with van der Waals surface area (Å²) in [4.78, 5) is 9.28. The second kappa shape index (κ2) is 16.2. The van der Waals surface area contributed by atoms with Crippen molar-refractivity contribution in [3.8, 4) is 0 Å². The Kier molecular flexibility index (Phi) is 27.3. The number of ether oxygens (including phenoxy) is 1. The first kappa shape index (κ1) is 16.8. The third kappa shape index (κ3) is 39.2. The van der Waals surface area contributed by atoms with Crippen LogP contribution in [-0.4, -0.2) is 20.0 Å². The molecule has 2 nitrogen and oxygen atoms in total. The second-order valence-corrected chi connectivity index (χ2v) is 1.38. The molecule has 0 aromatic rings. The van der Waals surface area contributed by atoms with Crippen LogP contribution >= 0.6 is 0 Å². The molecule has 0 unspecified atom stereocenters. The molecule has 0 saturated heterocycles. The van der Waals surface area contributed by atoms with Gasteiger partial charge in [-0.1, -0.05) is 13.5 Å². The zero-order valence-corrected chi connectivity index (χ0v) is 9.35. The van der Waals surface area contributed by atoms with E-state index in [2.05, 4.69) is 18.2 Å². The van der Waals surface area contributed by atoms with E-state index in [0.717, 1.165) is 0 Å². The van der Waals surface area contributed by atoms with E-state index in [0.29, 0.717) is 12.2 Å². The van der Waals surface area contributed by atoms with Crippen molar-refractivity contribution < 1.29 is 42.2 Å². The maximum Gasteiger partial charge on any atom is 0.0319 e. The Balaban J connectivity index is -0.0000000910. The number of methoxy groups -OCH3 is 1. The van der Waals surface area contributed by atoms with Crippen molar-refractivity contribution in [2.75, 3.05) is 13.7 Å². The van der Waals surface area contributed by atoms with Crippen LogP contribution < -0.4 is 0 Å². The number of hydrogen-bond acceptors (Lipinski definition) is 2. The van der Waals surface area contributed by atoms with E-state index in [4.69, 9.17) is 0 Å². The van der Waals surface area contributed by atoms with Crippen LogP contribution in [0.1, 0.15) is 6.92 Å². The van der Waals surface area contributed by atoms with Crippen LogP contribution in [0.4, 0.5) is 0 Å². The van der Waals surface area contributed by atoms with E-state index >= 15 is 0 Å². The monoisotopic (exact) mass is 217 g/mol. The van der Waals surface area contributed by atoms with Crippen molar-refractivity contribution in [3.05, 3.63) is 19.1 Å². The molecule has 0 aliphatic rings. The van der Waals surface area contributed by atoms with Gasteiger partial charge in [0.05, 0.1) is 0 Å². The van der Waals surface area contributed by atoms with Crippen molar-refractivity contribution in [1.82, 2.24) is 0 Å². The molecule has 0 aromatic heterocycles. The van der Waals surface area contributed by atoms with Crippen molar-refractivity contribution >= 4 is 6.29 Å². The smallest absolute Gasteiger partial charge is 0.0319 e. The summed E-state index contributed by atoms with van der Waals surface area (Å²) in [5.74, 6) is 0. The zero-order chi connectivity index (χ0) is 7.70. The van der Waals surface area contributed by atoms with Gasteiger partial charge in [0.15, 0.2) is 0 Å². The van der Waals surface area contributed by atoms with Crippen LogP contribution in [-0.2, 0) is 42.2 Å². The van der Waals surface area contributed by atoms with Crippen LogP contribution in [0.3, 0.4) is 0 Å². The van der Waals surface area contributed by atoms with Gasteiger partial charge in [0.25, 0.3) is 0 Å². The second-order valence-electron chi connectivity index (χ2n) is 1.38. The first-order valence-corrected chi connectivity index (χ1v) is 2.50. The molecule has 0 rings (SSSR count). The Morgan fingerprint density at radius 1 is 1.80 bits per heavy atom. The van der Waals surface area contributed by atoms with E-state index in [1.165, 1.54) is 0 Å². The maximum atomic E-state index is 9.28. The number of allylic oxidation sites excluding steroid dienone is 1. The zero-order valence-electron chi connectivity index (χ0n) is 6.52. The van der Waals surface area contributed by atoms with Gasteiger partial charge in [-0.25, -0.2) is 6.58 Å². The van der Waals surface area contributed by atoms with E-state index in [1.807, 2.05) is 0 Å². The Morgan fingerprint density at radius 3 is 2.00 bits per heavy atom. The van der Waals surface area contributed by atoms with Gasteiger partial charge >= 0.3 is 0 Å². The maximum absolute atomic E-state index is 9.28. The number of carbonyl (C=O) groups excluding carboxylic acids is 1. The molecular formula is C7H12O2Y-2. The molecule has 0 heterocycles. The van der Waals surface area contributed by atoms with Crippen LogP contribution in [0.25, 0.3) is 0 Å². The average Bonchev–Trinajstić information content (AvgIpc) is 1.89. The van der Waals surface area contributed by atoms with Gasteiger partial charge in [-0.05, 0) is 6.29 Å². The molecular weight excluding hydrogens is 205 g/mol. The van der Waals surface area contributed by atoms with Gasteiger partial charge in [0, 0.05) is 39.8 Å². The van der Waals surface area contributed by atoms with Crippen LogP contribution in [0.2, 0.25) is 0 Å². The normalized spacial score (nSPS) is 6.30. The minimum atomic E-state index is 0. The van der Waals surface area contributed by atoms with Gasteiger partial charge in [0.2, 0.25) is 0 Å².